The van der Waals surface area contributed by atoms with Crippen molar-refractivity contribution in [1.29, 1.82) is 0 Å². The van der Waals surface area contributed by atoms with Gasteiger partial charge >= 0.3 is 0 Å². The molecule has 0 bridgehead atoms. The average molecular weight is 514 g/mol. The molecule has 4 heterocycles. The molecule has 0 spiro atoms. The fourth-order valence-corrected chi connectivity index (χ4v) is 5.29. The molecule has 2 aromatic carbocycles. The molecular formula is C28H35N9O. The average Bonchev–Trinajstić information content (AvgIpc) is 3.71. The number of anilines is 1. The Balaban J connectivity index is 1.04. The molecule has 10 heteroatoms. The minimum Gasteiger partial charge on any atom is -0.341 e. The van der Waals surface area contributed by atoms with E-state index in [9.17, 15) is 4.79 Å². The largest absolute Gasteiger partial charge is 0.341 e. The van der Waals surface area contributed by atoms with E-state index in [1.807, 2.05) is 53.3 Å². The van der Waals surface area contributed by atoms with Crippen LogP contribution in [0.1, 0.15) is 35.4 Å². The van der Waals surface area contributed by atoms with Crippen LogP contribution in [0.25, 0.3) is 22.3 Å². The number of fused-ring (bicyclic) bond motifs is 1. The molecule has 38 heavy (non-hydrogen) atoms. The van der Waals surface area contributed by atoms with E-state index in [1.165, 1.54) is 12.8 Å². The summed E-state index contributed by atoms with van der Waals surface area (Å²) in [6.45, 7) is 9.39. The van der Waals surface area contributed by atoms with Gasteiger partial charge in [0.25, 0.3) is 5.91 Å². The second-order valence-electron chi connectivity index (χ2n) is 10.2. The van der Waals surface area contributed by atoms with Crippen LogP contribution in [-0.2, 0) is 13.1 Å². The number of benzene rings is 2. The highest BCUT2D eigenvalue weighted by atomic mass is 16.1. The first kappa shape index (κ1) is 24.7. The van der Waals surface area contributed by atoms with Gasteiger partial charge in [0.15, 0.2) is 0 Å². The Morgan fingerprint density at radius 3 is 2.58 bits per heavy atom. The molecule has 10 nitrogen and oxygen atoms in total. The van der Waals surface area contributed by atoms with Gasteiger partial charge in [-0.05, 0) is 62.7 Å². The number of aromatic amines is 1. The molecule has 3 N–H and O–H groups in total. The van der Waals surface area contributed by atoms with Crippen LogP contribution in [-0.4, -0.2) is 86.5 Å². The second kappa shape index (κ2) is 11.4. The second-order valence-corrected chi connectivity index (χ2v) is 10.2. The minimum atomic E-state index is -0.149. The summed E-state index contributed by atoms with van der Waals surface area (Å²) in [5.74, 6) is 0.821. The molecule has 1 amide bonds. The summed E-state index contributed by atoms with van der Waals surface area (Å²) >= 11 is 0. The monoisotopic (exact) mass is 513 g/mol. The summed E-state index contributed by atoms with van der Waals surface area (Å²) in [6.07, 6.45) is 5.54. The fourth-order valence-electron chi connectivity index (χ4n) is 5.29. The van der Waals surface area contributed by atoms with E-state index in [4.69, 9.17) is 4.98 Å². The predicted octanol–water partition coefficient (Wildman–Crippen LogP) is 2.96. The van der Waals surface area contributed by atoms with E-state index >= 15 is 0 Å². The van der Waals surface area contributed by atoms with Crippen molar-refractivity contribution in [2.45, 2.75) is 32.4 Å². The third kappa shape index (κ3) is 5.93. The van der Waals surface area contributed by atoms with Gasteiger partial charge in [0.2, 0.25) is 0 Å². The molecule has 0 aliphatic carbocycles. The first-order chi connectivity index (χ1) is 18.7. The summed E-state index contributed by atoms with van der Waals surface area (Å²) in [5, 5.41) is 15.0. The number of aromatic nitrogens is 5. The summed E-state index contributed by atoms with van der Waals surface area (Å²) in [6, 6.07) is 13.3. The third-order valence-corrected chi connectivity index (χ3v) is 7.41. The van der Waals surface area contributed by atoms with Crippen molar-refractivity contribution in [1.82, 2.24) is 40.1 Å². The van der Waals surface area contributed by atoms with E-state index in [0.717, 1.165) is 99.1 Å². The minimum absolute atomic E-state index is 0.149. The molecule has 0 atom stereocenters. The number of carbonyl (C=O) groups excluding carboxylic acids is 1. The Kier molecular flexibility index (Phi) is 7.43. The third-order valence-electron chi connectivity index (χ3n) is 7.41. The zero-order chi connectivity index (χ0) is 25.7. The van der Waals surface area contributed by atoms with Gasteiger partial charge in [-0.3, -0.25) is 14.4 Å². The van der Waals surface area contributed by atoms with Crippen molar-refractivity contribution in [2.75, 3.05) is 51.1 Å². The summed E-state index contributed by atoms with van der Waals surface area (Å²) in [7, 11) is 0. The lowest BCUT2D eigenvalue weighted by Crippen LogP contribution is -2.43. The predicted molar refractivity (Wildman–Crippen MR) is 148 cm³/mol. The first-order valence-electron chi connectivity index (χ1n) is 13.7. The van der Waals surface area contributed by atoms with E-state index in [1.54, 1.807) is 0 Å². The Morgan fingerprint density at radius 2 is 1.76 bits per heavy atom. The number of rotatable bonds is 9. The highest BCUT2D eigenvalue weighted by Crippen LogP contribution is 2.21. The number of carbonyl (C=O) groups is 1. The Labute approximate surface area is 222 Å². The number of piperazine rings is 1. The number of likely N-dealkylation sites (tertiary alicyclic amines) is 1. The normalized spacial score (nSPS) is 16.8. The highest BCUT2D eigenvalue weighted by molar-refractivity contribution is 6.05. The van der Waals surface area contributed by atoms with Crippen LogP contribution in [0.4, 0.5) is 5.69 Å². The van der Waals surface area contributed by atoms with Gasteiger partial charge < -0.3 is 20.5 Å². The molecule has 0 radical (unpaired) electrons. The van der Waals surface area contributed by atoms with E-state index in [-0.39, 0.29) is 5.91 Å². The molecular weight excluding hydrogens is 478 g/mol. The van der Waals surface area contributed by atoms with Crippen molar-refractivity contribution < 1.29 is 4.79 Å². The van der Waals surface area contributed by atoms with E-state index in [0.29, 0.717) is 5.56 Å². The zero-order valence-corrected chi connectivity index (χ0v) is 21.7. The van der Waals surface area contributed by atoms with E-state index in [2.05, 4.69) is 35.7 Å². The Hall–Kier alpha value is -3.60. The quantitative estimate of drug-likeness (QED) is 0.316. The zero-order valence-electron chi connectivity index (χ0n) is 21.7. The molecule has 2 aromatic heterocycles. The number of nitrogens with zero attached hydrogens (tertiary/aromatic N) is 6. The van der Waals surface area contributed by atoms with E-state index < -0.39 is 0 Å². The van der Waals surface area contributed by atoms with Gasteiger partial charge in [-0.25, -0.2) is 4.98 Å². The van der Waals surface area contributed by atoms with Gasteiger partial charge in [0.05, 0.1) is 23.8 Å². The van der Waals surface area contributed by atoms with Crippen LogP contribution in [0, 0.1) is 0 Å². The van der Waals surface area contributed by atoms with Crippen LogP contribution < -0.4 is 10.6 Å². The Morgan fingerprint density at radius 1 is 0.947 bits per heavy atom. The van der Waals surface area contributed by atoms with Gasteiger partial charge in [-0.15, -0.1) is 5.10 Å². The number of aryl methyl sites for hydroxylation is 1. The molecule has 2 aliphatic rings. The maximum atomic E-state index is 12.9. The molecule has 2 fully saturated rings. The lowest BCUT2D eigenvalue weighted by atomic mass is 10.1. The van der Waals surface area contributed by atoms with Crippen molar-refractivity contribution in [3.8, 4) is 11.3 Å². The lowest BCUT2D eigenvalue weighted by Gasteiger charge is -2.26. The summed E-state index contributed by atoms with van der Waals surface area (Å²) in [4.78, 5) is 25.9. The lowest BCUT2D eigenvalue weighted by molar-refractivity contribution is 0.102. The molecule has 0 saturated carbocycles. The van der Waals surface area contributed by atoms with Crippen LogP contribution in [0.15, 0.2) is 48.7 Å². The smallest absolute Gasteiger partial charge is 0.255 e. The van der Waals surface area contributed by atoms with Crippen LogP contribution in [0.2, 0.25) is 0 Å². The van der Waals surface area contributed by atoms with Gasteiger partial charge in [0.1, 0.15) is 11.5 Å². The number of amides is 1. The fraction of sp³-hybridized carbons (Fsp3) is 0.429. The highest BCUT2D eigenvalue weighted by Gasteiger charge is 2.15. The maximum Gasteiger partial charge on any atom is 0.255 e. The SMILES string of the molecule is O=C(Nc1ccc2nc(CN3CCCC3)[nH]c2c1)c1ccc(-c2cn(CCCN3CCNCC3)nn2)cc1. The molecule has 2 aliphatic heterocycles. The molecule has 6 rings (SSSR count). The molecule has 2 saturated heterocycles. The van der Waals surface area contributed by atoms with Gasteiger partial charge in [-0.1, -0.05) is 17.3 Å². The summed E-state index contributed by atoms with van der Waals surface area (Å²) in [5.41, 5.74) is 4.94. The van der Waals surface area contributed by atoms with Crippen LogP contribution >= 0.6 is 0 Å². The summed E-state index contributed by atoms with van der Waals surface area (Å²) < 4.78 is 1.90. The first-order valence-corrected chi connectivity index (χ1v) is 13.7. The number of nitrogens with one attached hydrogen (secondary N) is 3. The maximum absolute atomic E-state index is 12.9. The van der Waals surface area contributed by atoms with Crippen LogP contribution in [0.5, 0.6) is 0 Å². The number of H-pyrrole nitrogens is 1. The molecule has 198 valence electrons. The van der Waals surface area contributed by atoms with Crippen molar-refractivity contribution in [3.63, 3.8) is 0 Å². The number of hydrogen-bond donors (Lipinski definition) is 3. The molecule has 0 unspecified atom stereocenters. The molecule has 4 aromatic rings. The number of hydrogen-bond acceptors (Lipinski definition) is 7. The topological polar surface area (TPSA) is 107 Å². The van der Waals surface area contributed by atoms with Crippen molar-refractivity contribution in [2.24, 2.45) is 0 Å². The number of imidazole rings is 1. The van der Waals surface area contributed by atoms with Crippen LogP contribution in [0.3, 0.4) is 0 Å². The Bertz CT molecular complexity index is 1360. The standard InChI is InChI=1S/C28H35N9O/c38-28(30-23-8-9-24-25(18-23)32-27(31-24)20-36-12-1-2-13-36)22-6-4-21(5-7-22)26-19-37(34-33-26)15-3-14-35-16-10-29-11-17-35/h4-9,18-19,29H,1-3,10-17,20H2,(H,30,38)(H,31,32). The van der Waals surface area contributed by atoms with Gasteiger partial charge in [0, 0.05) is 56.1 Å². The van der Waals surface area contributed by atoms with Gasteiger partial charge in [-0.2, -0.15) is 0 Å². The van der Waals surface area contributed by atoms with Crippen molar-refractivity contribution in [3.05, 3.63) is 60.0 Å². The van der Waals surface area contributed by atoms with Crippen molar-refractivity contribution >= 4 is 22.6 Å².